The second kappa shape index (κ2) is 6.49. The smallest absolute Gasteiger partial charge is 0.410 e. The molecule has 0 bridgehead atoms. The van der Waals surface area contributed by atoms with Gasteiger partial charge in [0.2, 0.25) is 0 Å². The molecule has 3 rings (SSSR count). The zero-order valence-electron chi connectivity index (χ0n) is 14.2. The average molecular weight is 318 g/mol. The van der Waals surface area contributed by atoms with E-state index in [4.69, 9.17) is 9.47 Å². The summed E-state index contributed by atoms with van der Waals surface area (Å²) < 4.78 is 11.1. The molecule has 2 saturated heterocycles. The predicted molar refractivity (Wildman–Crippen MR) is 88.3 cm³/mol. The summed E-state index contributed by atoms with van der Waals surface area (Å²) in [6.45, 7) is 9.54. The minimum Gasteiger partial charge on any atom is -0.444 e. The number of likely N-dealkylation sites (tertiary alicyclic amines) is 1. The molecule has 0 spiro atoms. The molecular formula is C18H26N2O3. The highest BCUT2D eigenvalue weighted by Gasteiger charge is 2.40. The van der Waals surface area contributed by atoms with Crippen LogP contribution in [0.1, 0.15) is 32.4 Å². The Bertz CT molecular complexity index is 535. The average Bonchev–Trinajstić information content (AvgIpc) is 2.45. The first-order valence-corrected chi connectivity index (χ1v) is 8.30. The van der Waals surface area contributed by atoms with Crippen LogP contribution in [0.5, 0.6) is 0 Å². The van der Waals surface area contributed by atoms with Gasteiger partial charge in [0.15, 0.2) is 0 Å². The summed E-state index contributed by atoms with van der Waals surface area (Å²) in [5.74, 6) is 0. The second-order valence-corrected chi connectivity index (χ2v) is 7.28. The van der Waals surface area contributed by atoms with E-state index in [1.807, 2.05) is 26.8 Å². The third-order valence-electron chi connectivity index (χ3n) is 4.34. The monoisotopic (exact) mass is 318 g/mol. The SMILES string of the molecule is CC(C)(C)OC(=O)N1CC(N2CCOC[C@H]2c2ccccc2)C1. The van der Waals surface area contributed by atoms with Crippen LogP contribution in [0.3, 0.4) is 0 Å². The van der Waals surface area contributed by atoms with Gasteiger partial charge in [0.25, 0.3) is 0 Å². The molecular weight excluding hydrogens is 292 g/mol. The van der Waals surface area contributed by atoms with E-state index in [0.29, 0.717) is 12.6 Å². The Morgan fingerprint density at radius 1 is 1.22 bits per heavy atom. The first kappa shape index (κ1) is 16.3. The molecule has 1 atom stereocenters. The van der Waals surface area contributed by atoms with Crippen molar-refractivity contribution in [2.45, 2.75) is 38.5 Å². The largest absolute Gasteiger partial charge is 0.444 e. The standard InChI is InChI=1S/C18H26N2O3/c1-18(2,3)23-17(21)19-11-15(12-19)20-9-10-22-13-16(20)14-7-5-4-6-8-14/h4-8,15-16H,9-13H2,1-3H3/t16-/m0/s1. The summed E-state index contributed by atoms with van der Waals surface area (Å²) in [5.41, 5.74) is 0.844. The van der Waals surface area contributed by atoms with Crippen molar-refractivity contribution in [3.8, 4) is 0 Å². The maximum Gasteiger partial charge on any atom is 0.410 e. The number of ether oxygens (including phenoxy) is 2. The summed E-state index contributed by atoms with van der Waals surface area (Å²) in [6.07, 6.45) is -0.210. The van der Waals surface area contributed by atoms with Crippen molar-refractivity contribution < 1.29 is 14.3 Å². The van der Waals surface area contributed by atoms with Crippen LogP contribution in [0.25, 0.3) is 0 Å². The molecule has 0 N–H and O–H groups in total. The van der Waals surface area contributed by atoms with Crippen molar-refractivity contribution in [2.24, 2.45) is 0 Å². The Morgan fingerprint density at radius 3 is 2.57 bits per heavy atom. The first-order valence-electron chi connectivity index (χ1n) is 8.30. The highest BCUT2D eigenvalue weighted by atomic mass is 16.6. The zero-order chi connectivity index (χ0) is 16.4. The number of amides is 1. The molecule has 2 heterocycles. The van der Waals surface area contributed by atoms with Gasteiger partial charge in [0.05, 0.1) is 19.3 Å². The van der Waals surface area contributed by atoms with Crippen molar-refractivity contribution in [2.75, 3.05) is 32.8 Å². The Labute approximate surface area is 138 Å². The van der Waals surface area contributed by atoms with Gasteiger partial charge in [-0.3, -0.25) is 4.90 Å². The predicted octanol–water partition coefficient (Wildman–Crippen LogP) is 2.68. The van der Waals surface area contributed by atoms with Gasteiger partial charge >= 0.3 is 6.09 Å². The van der Waals surface area contributed by atoms with E-state index in [2.05, 4.69) is 29.2 Å². The molecule has 2 fully saturated rings. The van der Waals surface area contributed by atoms with E-state index in [-0.39, 0.29) is 12.1 Å². The van der Waals surface area contributed by atoms with Crippen LogP contribution in [0.4, 0.5) is 4.79 Å². The van der Waals surface area contributed by atoms with Crippen LogP contribution >= 0.6 is 0 Å². The summed E-state index contributed by atoms with van der Waals surface area (Å²) in [6, 6.07) is 11.1. The Hall–Kier alpha value is -1.59. The van der Waals surface area contributed by atoms with Crippen molar-refractivity contribution in [3.63, 3.8) is 0 Å². The van der Waals surface area contributed by atoms with E-state index in [0.717, 1.165) is 26.2 Å². The van der Waals surface area contributed by atoms with Gasteiger partial charge in [-0.1, -0.05) is 30.3 Å². The molecule has 126 valence electrons. The van der Waals surface area contributed by atoms with Crippen LogP contribution in [0, 0.1) is 0 Å². The highest BCUT2D eigenvalue weighted by Crippen LogP contribution is 2.30. The fraction of sp³-hybridized carbons (Fsp3) is 0.611. The van der Waals surface area contributed by atoms with Gasteiger partial charge in [-0.15, -0.1) is 0 Å². The van der Waals surface area contributed by atoms with E-state index in [9.17, 15) is 4.79 Å². The number of hydrogen-bond donors (Lipinski definition) is 0. The Kier molecular flexibility index (Phi) is 4.60. The van der Waals surface area contributed by atoms with Crippen LogP contribution in [-0.2, 0) is 9.47 Å². The van der Waals surface area contributed by atoms with Gasteiger partial charge < -0.3 is 14.4 Å². The normalized spacial score (nSPS) is 23.4. The number of carbonyl (C=O) groups excluding carboxylic acids is 1. The molecule has 2 aliphatic rings. The van der Waals surface area contributed by atoms with Crippen LogP contribution in [-0.4, -0.2) is 60.4 Å². The highest BCUT2D eigenvalue weighted by molar-refractivity contribution is 5.69. The lowest BCUT2D eigenvalue weighted by Gasteiger charge is -2.49. The quantitative estimate of drug-likeness (QED) is 0.841. The van der Waals surface area contributed by atoms with E-state index in [1.165, 1.54) is 5.56 Å². The van der Waals surface area contributed by atoms with Crippen molar-refractivity contribution in [3.05, 3.63) is 35.9 Å². The maximum atomic E-state index is 12.1. The maximum absolute atomic E-state index is 12.1. The minimum absolute atomic E-state index is 0.210. The Morgan fingerprint density at radius 2 is 1.91 bits per heavy atom. The first-order chi connectivity index (χ1) is 10.9. The van der Waals surface area contributed by atoms with Crippen LogP contribution in [0.2, 0.25) is 0 Å². The lowest BCUT2D eigenvalue weighted by atomic mass is 9.99. The molecule has 0 saturated carbocycles. The van der Waals surface area contributed by atoms with Gasteiger partial charge in [-0.2, -0.15) is 0 Å². The molecule has 1 amide bonds. The number of hydrogen-bond acceptors (Lipinski definition) is 4. The molecule has 1 aromatic rings. The van der Waals surface area contributed by atoms with Crippen molar-refractivity contribution >= 4 is 6.09 Å². The van der Waals surface area contributed by atoms with E-state index < -0.39 is 5.60 Å². The fourth-order valence-electron chi connectivity index (χ4n) is 3.16. The molecule has 2 aliphatic heterocycles. The molecule has 5 heteroatoms. The molecule has 0 unspecified atom stereocenters. The Balaban J connectivity index is 1.60. The van der Waals surface area contributed by atoms with Crippen LogP contribution in [0.15, 0.2) is 30.3 Å². The molecule has 0 aromatic heterocycles. The molecule has 23 heavy (non-hydrogen) atoms. The summed E-state index contributed by atoms with van der Waals surface area (Å²) in [4.78, 5) is 16.3. The fourth-order valence-corrected chi connectivity index (χ4v) is 3.16. The molecule has 1 aromatic carbocycles. The van der Waals surface area contributed by atoms with Gasteiger partial charge in [0.1, 0.15) is 5.60 Å². The summed E-state index contributed by atoms with van der Waals surface area (Å²) >= 11 is 0. The number of carbonyl (C=O) groups is 1. The van der Waals surface area contributed by atoms with E-state index in [1.54, 1.807) is 4.90 Å². The molecule has 0 radical (unpaired) electrons. The van der Waals surface area contributed by atoms with Crippen molar-refractivity contribution in [1.29, 1.82) is 0 Å². The summed E-state index contributed by atoms with van der Waals surface area (Å²) in [7, 11) is 0. The third kappa shape index (κ3) is 3.85. The van der Waals surface area contributed by atoms with Gasteiger partial charge in [-0.05, 0) is 26.3 Å². The van der Waals surface area contributed by atoms with Crippen molar-refractivity contribution in [1.82, 2.24) is 9.80 Å². The number of morpholine rings is 1. The lowest BCUT2D eigenvalue weighted by molar-refractivity contribution is -0.0727. The lowest BCUT2D eigenvalue weighted by Crippen LogP contribution is -2.63. The zero-order valence-corrected chi connectivity index (χ0v) is 14.2. The van der Waals surface area contributed by atoms with E-state index >= 15 is 0 Å². The molecule has 5 nitrogen and oxygen atoms in total. The molecule has 0 aliphatic carbocycles. The number of rotatable bonds is 2. The summed E-state index contributed by atoms with van der Waals surface area (Å²) in [5, 5.41) is 0. The number of nitrogens with zero attached hydrogens (tertiary/aromatic N) is 2. The van der Waals surface area contributed by atoms with Gasteiger partial charge in [0, 0.05) is 25.7 Å². The number of benzene rings is 1. The van der Waals surface area contributed by atoms with Gasteiger partial charge in [-0.25, -0.2) is 4.79 Å². The second-order valence-electron chi connectivity index (χ2n) is 7.28. The van der Waals surface area contributed by atoms with Crippen LogP contribution < -0.4 is 0 Å². The topological polar surface area (TPSA) is 42.0 Å². The minimum atomic E-state index is -0.437. The third-order valence-corrected chi connectivity index (χ3v) is 4.34.